The number of hydrogen-bond donors (Lipinski definition) is 2. The third kappa shape index (κ3) is 6.98. The summed E-state index contributed by atoms with van der Waals surface area (Å²) < 4.78 is 12.3. The number of benzene rings is 4. The van der Waals surface area contributed by atoms with E-state index in [0.29, 0.717) is 48.4 Å². The van der Waals surface area contributed by atoms with Crippen LogP contribution in [0, 0.1) is 0 Å². The van der Waals surface area contributed by atoms with E-state index in [2.05, 4.69) is 80.8 Å². The highest BCUT2D eigenvalue weighted by molar-refractivity contribution is 7.22. The molecule has 1 saturated carbocycles. The van der Waals surface area contributed by atoms with Crippen LogP contribution in [0.3, 0.4) is 0 Å². The van der Waals surface area contributed by atoms with Crippen molar-refractivity contribution in [2.24, 2.45) is 0 Å². The van der Waals surface area contributed by atoms with Gasteiger partial charge in [-0.15, -0.1) is 0 Å². The molecule has 0 spiro atoms. The molecule has 52 heavy (non-hydrogen) atoms. The van der Waals surface area contributed by atoms with Crippen molar-refractivity contribution < 1.29 is 24.2 Å². The number of rotatable bonds is 11. The van der Waals surface area contributed by atoms with Crippen LogP contribution >= 0.6 is 22.7 Å². The first kappa shape index (κ1) is 33.9. The molecule has 264 valence electrons. The number of fused-ring (bicyclic) bond motifs is 2. The Bertz CT molecular complexity index is 2180. The Kier molecular flexibility index (Phi) is 9.62. The lowest BCUT2D eigenvalue weighted by Crippen LogP contribution is -2.32. The number of aryl methyl sites for hydroxylation is 1. The van der Waals surface area contributed by atoms with Gasteiger partial charge in [0.25, 0.3) is 5.91 Å². The topological polar surface area (TPSA) is 114 Å². The number of carbonyl (C=O) groups excluding carboxylic acids is 1. The van der Waals surface area contributed by atoms with Crippen LogP contribution in [0.5, 0.6) is 11.6 Å². The molecule has 2 aliphatic rings. The Labute approximate surface area is 309 Å². The summed E-state index contributed by atoms with van der Waals surface area (Å²) in [4.78, 5) is 37.1. The van der Waals surface area contributed by atoms with E-state index in [1.807, 2.05) is 36.4 Å². The molecule has 1 aliphatic heterocycles. The Hall–Kier alpha value is -5.26. The zero-order chi connectivity index (χ0) is 35.5. The van der Waals surface area contributed by atoms with Crippen molar-refractivity contribution in [3.05, 3.63) is 130 Å². The van der Waals surface area contributed by atoms with Crippen molar-refractivity contribution in [1.29, 1.82) is 0 Å². The standard InChI is InChI=1S/C41H38N4O5S2/c46-36(43-38-42-33-14-4-5-15-34(33)51-38)31-13-8-10-27-21-24-45(26-32(27)31)39-44-37(50-40(47)48)35(52-39)16-9-25-49-30-19-17-29(18-20-30)41(22-6-7-23-41)28-11-2-1-3-12-28/h1-5,8,10-15,17-20H,6-7,9,16,21-26H2,(H,47,48)(H,42,43,46). The molecule has 2 aromatic heterocycles. The van der Waals surface area contributed by atoms with Crippen LogP contribution < -0.4 is 19.7 Å². The number of anilines is 2. The average molecular weight is 731 g/mol. The van der Waals surface area contributed by atoms with E-state index < -0.39 is 6.16 Å². The molecule has 4 aromatic carbocycles. The molecule has 0 saturated heterocycles. The summed E-state index contributed by atoms with van der Waals surface area (Å²) >= 11 is 2.87. The number of amides is 1. The number of ether oxygens (including phenoxy) is 2. The number of carbonyl (C=O) groups is 2. The fourth-order valence-electron chi connectivity index (χ4n) is 7.60. The van der Waals surface area contributed by atoms with Gasteiger partial charge in [0, 0.05) is 24.1 Å². The van der Waals surface area contributed by atoms with Gasteiger partial charge in [0.2, 0.25) is 5.88 Å². The maximum atomic E-state index is 13.5. The number of carboxylic acid groups (broad SMARTS) is 1. The van der Waals surface area contributed by atoms with Gasteiger partial charge in [-0.25, -0.2) is 9.78 Å². The third-order valence-electron chi connectivity index (χ3n) is 10.1. The van der Waals surface area contributed by atoms with Gasteiger partial charge < -0.3 is 19.5 Å². The predicted molar refractivity (Wildman–Crippen MR) is 205 cm³/mol. The van der Waals surface area contributed by atoms with Gasteiger partial charge in [-0.3, -0.25) is 10.1 Å². The highest BCUT2D eigenvalue weighted by atomic mass is 32.1. The van der Waals surface area contributed by atoms with E-state index in [1.165, 1.54) is 46.6 Å². The predicted octanol–water partition coefficient (Wildman–Crippen LogP) is 9.50. The zero-order valence-electron chi connectivity index (χ0n) is 28.5. The second-order valence-corrected chi connectivity index (χ2v) is 15.4. The Morgan fingerprint density at radius 1 is 0.865 bits per heavy atom. The van der Waals surface area contributed by atoms with Gasteiger partial charge >= 0.3 is 6.16 Å². The monoisotopic (exact) mass is 730 g/mol. The Morgan fingerprint density at radius 3 is 2.42 bits per heavy atom. The average Bonchev–Trinajstić information content (AvgIpc) is 3.93. The molecule has 6 aromatic rings. The largest absolute Gasteiger partial charge is 0.512 e. The molecule has 9 nitrogen and oxygen atoms in total. The summed E-state index contributed by atoms with van der Waals surface area (Å²) in [6.45, 7) is 1.61. The van der Waals surface area contributed by atoms with Gasteiger partial charge in [-0.2, -0.15) is 4.98 Å². The smallest absolute Gasteiger partial charge is 0.494 e. The molecule has 3 heterocycles. The van der Waals surface area contributed by atoms with Crippen molar-refractivity contribution in [2.45, 2.75) is 56.9 Å². The highest BCUT2D eigenvalue weighted by Gasteiger charge is 2.37. The van der Waals surface area contributed by atoms with E-state index in [4.69, 9.17) is 9.47 Å². The second kappa shape index (κ2) is 14.8. The number of hydrogen-bond acceptors (Lipinski definition) is 9. The molecule has 1 amide bonds. The maximum Gasteiger partial charge on any atom is 0.512 e. The zero-order valence-corrected chi connectivity index (χ0v) is 30.2. The SMILES string of the molecule is O=C(O)Oc1nc(N2CCc3cccc(C(=O)Nc4nc5ccccc5s4)c3C2)sc1CCCOc1ccc(C2(c3ccccc3)CCCC2)cc1. The lowest BCUT2D eigenvalue weighted by Gasteiger charge is -2.30. The Morgan fingerprint density at radius 2 is 1.63 bits per heavy atom. The summed E-state index contributed by atoms with van der Waals surface area (Å²) in [7, 11) is 0. The van der Waals surface area contributed by atoms with Crippen LogP contribution in [0.4, 0.5) is 15.1 Å². The van der Waals surface area contributed by atoms with Gasteiger partial charge in [0.15, 0.2) is 10.3 Å². The molecular weight excluding hydrogens is 693 g/mol. The first-order valence-corrected chi connectivity index (χ1v) is 19.3. The minimum absolute atomic E-state index is 0.0613. The summed E-state index contributed by atoms with van der Waals surface area (Å²) in [6, 6.07) is 32.9. The molecule has 0 bridgehead atoms. The molecule has 1 fully saturated rings. The molecule has 11 heteroatoms. The fraction of sp³-hybridized carbons (Fsp3) is 0.268. The molecular formula is C41H38N4O5S2. The first-order valence-electron chi connectivity index (χ1n) is 17.7. The van der Waals surface area contributed by atoms with Crippen LogP contribution in [0.2, 0.25) is 0 Å². The first-order chi connectivity index (χ1) is 25.4. The summed E-state index contributed by atoms with van der Waals surface area (Å²) in [5.74, 6) is 0.704. The van der Waals surface area contributed by atoms with Crippen molar-refractivity contribution in [3.63, 3.8) is 0 Å². The second-order valence-electron chi connectivity index (χ2n) is 13.3. The summed E-state index contributed by atoms with van der Waals surface area (Å²) in [6.07, 6.45) is 5.30. The van der Waals surface area contributed by atoms with Gasteiger partial charge in [-0.05, 0) is 84.7 Å². The van der Waals surface area contributed by atoms with Crippen LogP contribution in [0.1, 0.15) is 69.6 Å². The van der Waals surface area contributed by atoms with Crippen LogP contribution in [-0.4, -0.2) is 40.3 Å². The minimum atomic E-state index is -1.40. The number of para-hydroxylation sites is 1. The number of nitrogens with one attached hydrogen (secondary N) is 1. The van der Waals surface area contributed by atoms with Crippen LogP contribution in [-0.2, 0) is 24.8 Å². The molecule has 8 rings (SSSR count). The molecule has 0 atom stereocenters. The van der Waals surface area contributed by atoms with Gasteiger partial charge in [-0.1, -0.05) is 102 Å². The van der Waals surface area contributed by atoms with E-state index in [1.54, 1.807) is 0 Å². The van der Waals surface area contributed by atoms with E-state index in [0.717, 1.165) is 51.2 Å². The highest BCUT2D eigenvalue weighted by Crippen LogP contribution is 2.46. The van der Waals surface area contributed by atoms with E-state index >= 15 is 0 Å². The van der Waals surface area contributed by atoms with Crippen molar-refractivity contribution >= 4 is 55.2 Å². The third-order valence-corrected chi connectivity index (χ3v) is 12.3. The number of thiazole rings is 2. The normalized spacial score (nSPS) is 15.0. The van der Waals surface area contributed by atoms with Gasteiger partial charge in [0.05, 0.1) is 21.7 Å². The van der Waals surface area contributed by atoms with Gasteiger partial charge in [0.1, 0.15) is 5.75 Å². The number of aromatic nitrogens is 2. The molecule has 2 N–H and O–H groups in total. The minimum Gasteiger partial charge on any atom is -0.494 e. The lowest BCUT2D eigenvalue weighted by molar-refractivity contribution is 0.102. The number of nitrogens with zero attached hydrogens (tertiary/aromatic N) is 3. The lowest BCUT2D eigenvalue weighted by atomic mass is 9.73. The van der Waals surface area contributed by atoms with E-state index in [9.17, 15) is 14.7 Å². The fourth-order valence-corrected chi connectivity index (χ4v) is 9.52. The summed E-state index contributed by atoms with van der Waals surface area (Å²) in [5, 5.41) is 13.7. The van der Waals surface area contributed by atoms with E-state index in [-0.39, 0.29) is 17.2 Å². The maximum absolute atomic E-state index is 13.5. The van der Waals surface area contributed by atoms with Crippen LogP contribution in [0.15, 0.2) is 97.1 Å². The molecule has 0 unspecified atom stereocenters. The molecule has 0 radical (unpaired) electrons. The van der Waals surface area contributed by atoms with Crippen molar-refractivity contribution in [2.75, 3.05) is 23.4 Å². The van der Waals surface area contributed by atoms with Crippen LogP contribution in [0.25, 0.3) is 10.2 Å². The molecule has 1 aliphatic carbocycles. The summed E-state index contributed by atoms with van der Waals surface area (Å²) in [5.41, 5.74) is 6.24. The quantitative estimate of drug-likeness (QED) is 0.100. The van der Waals surface area contributed by atoms with Crippen molar-refractivity contribution in [1.82, 2.24) is 9.97 Å². The Balaban J connectivity index is 0.923. The van der Waals surface area contributed by atoms with Crippen molar-refractivity contribution in [3.8, 4) is 11.6 Å².